The zero-order valence-corrected chi connectivity index (χ0v) is 18.5. The Labute approximate surface area is 184 Å². The lowest BCUT2D eigenvalue weighted by atomic mass is 10.1. The summed E-state index contributed by atoms with van der Waals surface area (Å²) < 4.78 is 5.57. The van der Waals surface area contributed by atoms with Gasteiger partial charge in [-0.1, -0.05) is 24.3 Å². The fraction of sp³-hybridized carbons (Fsp3) is 0.381. The fourth-order valence-corrected chi connectivity index (χ4v) is 3.81. The number of rotatable bonds is 10. The minimum Gasteiger partial charge on any atom is -0.480 e. The van der Waals surface area contributed by atoms with Crippen molar-refractivity contribution in [2.24, 2.45) is 11.5 Å². The number of carboxylic acid groups (broad SMARTS) is 1. The quantitative estimate of drug-likeness (QED) is 0.376. The minimum absolute atomic E-state index is 0.0691. The second-order valence-corrected chi connectivity index (χ2v) is 8.98. The predicted octanol–water partition coefficient (Wildman–Crippen LogP) is 2.41. The van der Waals surface area contributed by atoms with Gasteiger partial charge in [-0.2, -0.15) is 0 Å². The topological polar surface area (TPSA) is 157 Å². The average Bonchev–Trinajstić information content (AvgIpc) is 3.07. The highest BCUT2D eigenvalue weighted by Gasteiger charge is 2.21. The molecule has 0 saturated heterocycles. The molecule has 0 saturated carbocycles. The Morgan fingerprint density at radius 2 is 1.90 bits per heavy atom. The lowest BCUT2D eigenvalue weighted by Gasteiger charge is -2.23. The molecule has 1 atom stereocenters. The fourth-order valence-electron chi connectivity index (χ4n) is 2.74. The Hall–Kier alpha value is -2.95. The third kappa shape index (κ3) is 7.67. The highest BCUT2D eigenvalue weighted by molar-refractivity contribution is 7.20. The van der Waals surface area contributed by atoms with Crippen molar-refractivity contribution in [3.8, 4) is 10.4 Å². The summed E-state index contributed by atoms with van der Waals surface area (Å²) in [6, 6.07) is 7.64. The molecular weight excluding hydrogens is 420 g/mol. The summed E-state index contributed by atoms with van der Waals surface area (Å²) in [7, 11) is 0. The molecule has 168 valence electrons. The van der Waals surface area contributed by atoms with Crippen molar-refractivity contribution in [1.29, 1.82) is 0 Å². The highest BCUT2D eigenvalue weighted by atomic mass is 32.1. The summed E-state index contributed by atoms with van der Waals surface area (Å²) in [5.74, 6) is -1.63. The molecule has 0 fully saturated rings. The number of aliphatic carboxylic acids is 1. The molecule has 1 heterocycles. The molecule has 2 rings (SSSR count). The zero-order chi connectivity index (χ0) is 23.2. The molecule has 1 aromatic heterocycles. The van der Waals surface area contributed by atoms with E-state index in [1.807, 2.05) is 45.0 Å². The van der Waals surface area contributed by atoms with Crippen molar-refractivity contribution in [3.63, 3.8) is 0 Å². The van der Waals surface area contributed by atoms with Crippen LogP contribution in [-0.2, 0) is 16.0 Å². The maximum atomic E-state index is 11.7. The number of urea groups is 1. The van der Waals surface area contributed by atoms with E-state index < -0.39 is 29.6 Å². The van der Waals surface area contributed by atoms with Gasteiger partial charge in [0.15, 0.2) is 0 Å². The monoisotopic (exact) mass is 448 g/mol. The zero-order valence-electron chi connectivity index (χ0n) is 17.7. The van der Waals surface area contributed by atoms with Crippen molar-refractivity contribution < 1.29 is 24.2 Å². The Bertz CT molecular complexity index is 951. The van der Waals surface area contributed by atoms with Gasteiger partial charge in [0, 0.05) is 11.4 Å². The number of carbonyl (C=O) groups excluding carboxylic acids is 2. The van der Waals surface area contributed by atoms with E-state index in [4.69, 9.17) is 16.2 Å². The molecule has 31 heavy (non-hydrogen) atoms. The number of ether oxygens (including phenoxy) is 1. The molecule has 10 heteroatoms. The first-order chi connectivity index (χ1) is 14.5. The lowest BCUT2D eigenvalue weighted by molar-refractivity contribution is -0.142. The van der Waals surface area contributed by atoms with E-state index in [1.165, 1.54) is 11.3 Å². The van der Waals surface area contributed by atoms with Crippen LogP contribution >= 0.6 is 11.3 Å². The van der Waals surface area contributed by atoms with Crippen molar-refractivity contribution in [2.75, 3.05) is 18.5 Å². The predicted molar refractivity (Wildman–Crippen MR) is 120 cm³/mol. The third-order valence-electron chi connectivity index (χ3n) is 4.23. The van der Waals surface area contributed by atoms with Gasteiger partial charge in [0.2, 0.25) is 0 Å². The number of hydrogen-bond donors (Lipinski definition) is 5. The first-order valence-corrected chi connectivity index (χ1v) is 10.5. The summed E-state index contributed by atoms with van der Waals surface area (Å²) in [6.45, 7) is 6.13. The van der Waals surface area contributed by atoms with E-state index in [-0.39, 0.29) is 12.2 Å². The molecular formula is C21H28N4O5S. The third-order valence-corrected chi connectivity index (χ3v) is 5.33. The maximum absolute atomic E-state index is 11.7. The number of carbonyl (C=O) groups is 3. The lowest BCUT2D eigenvalue weighted by Crippen LogP contribution is -2.43. The Balaban J connectivity index is 2.08. The Morgan fingerprint density at radius 3 is 2.48 bits per heavy atom. The number of primary amides is 2. The SMILES string of the molecule is CC(C)(C)OC[C@H](NCCc1cccc(-c2cc(C(N)=O)c(NC(N)=O)s2)c1)C(=O)O. The number of nitrogens with one attached hydrogen (secondary N) is 2. The first kappa shape index (κ1) is 24.3. The molecule has 3 amide bonds. The van der Waals surface area contributed by atoms with Gasteiger partial charge >= 0.3 is 12.0 Å². The second kappa shape index (κ2) is 10.4. The Kier molecular flexibility index (Phi) is 8.14. The van der Waals surface area contributed by atoms with Crippen LogP contribution in [-0.4, -0.2) is 47.8 Å². The van der Waals surface area contributed by atoms with Gasteiger partial charge in [0.25, 0.3) is 5.91 Å². The summed E-state index contributed by atoms with van der Waals surface area (Å²) >= 11 is 1.20. The summed E-state index contributed by atoms with van der Waals surface area (Å²) in [6.07, 6.45) is 0.591. The number of hydrogen-bond acceptors (Lipinski definition) is 6. The van der Waals surface area contributed by atoms with Gasteiger partial charge in [0.05, 0.1) is 17.8 Å². The van der Waals surface area contributed by atoms with Crippen LogP contribution in [0.2, 0.25) is 0 Å². The molecule has 0 unspecified atom stereocenters. The van der Waals surface area contributed by atoms with Crippen LogP contribution in [0.5, 0.6) is 0 Å². The number of amides is 3. The molecule has 0 bridgehead atoms. The van der Waals surface area contributed by atoms with Crippen LogP contribution in [0.15, 0.2) is 30.3 Å². The normalized spacial score (nSPS) is 12.4. The number of thiophene rings is 1. The Morgan fingerprint density at radius 1 is 1.19 bits per heavy atom. The standard InChI is InChI=1S/C21H28N4O5S/c1-21(2,3)30-11-15(19(27)28)24-8-7-12-5-4-6-13(9-12)16-10-14(17(22)26)18(31-16)25-20(23)29/h4-6,9-10,15,24H,7-8,11H2,1-3H3,(H2,22,26)(H,27,28)(H3,23,25,29)/t15-/m0/s1. The van der Waals surface area contributed by atoms with E-state index in [0.717, 1.165) is 16.0 Å². The van der Waals surface area contributed by atoms with Crippen LogP contribution < -0.4 is 22.1 Å². The number of nitrogens with two attached hydrogens (primary N) is 2. The first-order valence-electron chi connectivity index (χ1n) is 9.66. The van der Waals surface area contributed by atoms with E-state index in [0.29, 0.717) is 18.0 Å². The molecule has 0 aliphatic rings. The smallest absolute Gasteiger partial charge is 0.323 e. The molecule has 9 nitrogen and oxygen atoms in total. The second-order valence-electron chi connectivity index (χ2n) is 7.93. The van der Waals surface area contributed by atoms with Crippen molar-refractivity contribution in [3.05, 3.63) is 41.5 Å². The summed E-state index contributed by atoms with van der Waals surface area (Å²) in [5.41, 5.74) is 12.1. The van der Waals surface area contributed by atoms with Crippen LogP contribution in [0, 0.1) is 0 Å². The molecule has 1 aromatic carbocycles. The molecule has 0 radical (unpaired) electrons. The van der Waals surface area contributed by atoms with Crippen LogP contribution in [0.1, 0.15) is 36.7 Å². The molecule has 2 aromatic rings. The van der Waals surface area contributed by atoms with Crippen LogP contribution in [0.25, 0.3) is 10.4 Å². The van der Waals surface area contributed by atoms with E-state index in [2.05, 4.69) is 10.6 Å². The highest BCUT2D eigenvalue weighted by Crippen LogP contribution is 2.35. The number of benzene rings is 1. The number of carboxylic acids is 1. The van der Waals surface area contributed by atoms with Crippen molar-refractivity contribution in [2.45, 2.75) is 38.8 Å². The van der Waals surface area contributed by atoms with Crippen molar-refractivity contribution >= 4 is 34.2 Å². The summed E-state index contributed by atoms with van der Waals surface area (Å²) in [5, 5.41) is 15.1. The largest absolute Gasteiger partial charge is 0.480 e. The van der Waals surface area contributed by atoms with E-state index in [1.54, 1.807) is 6.07 Å². The van der Waals surface area contributed by atoms with Gasteiger partial charge in [0.1, 0.15) is 11.0 Å². The average molecular weight is 449 g/mol. The molecule has 0 spiro atoms. The van der Waals surface area contributed by atoms with Gasteiger partial charge in [-0.3, -0.25) is 14.9 Å². The summed E-state index contributed by atoms with van der Waals surface area (Å²) in [4.78, 5) is 35.0. The number of anilines is 1. The van der Waals surface area contributed by atoms with E-state index >= 15 is 0 Å². The van der Waals surface area contributed by atoms with Crippen molar-refractivity contribution in [1.82, 2.24) is 5.32 Å². The van der Waals surface area contributed by atoms with Gasteiger partial charge in [-0.05, 0) is 44.4 Å². The van der Waals surface area contributed by atoms with Crippen LogP contribution in [0.4, 0.5) is 9.80 Å². The van der Waals surface area contributed by atoms with Gasteiger partial charge in [-0.15, -0.1) is 11.3 Å². The minimum atomic E-state index is -0.968. The van der Waals surface area contributed by atoms with Gasteiger partial charge in [-0.25, -0.2) is 4.79 Å². The van der Waals surface area contributed by atoms with E-state index in [9.17, 15) is 19.5 Å². The molecule has 0 aliphatic heterocycles. The molecule has 7 N–H and O–H groups in total. The van der Waals surface area contributed by atoms with Crippen LogP contribution in [0.3, 0.4) is 0 Å². The molecule has 0 aliphatic carbocycles. The van der Waals surface area contributed by atoms with Gasteiger partial charge < -0.3 is 26.6 Å². The maximum Gasteiger partial charge on any atom is 0.323 e.